The summed E-state index contributed by atoms with van der Waals surface area (Å²) in [6.45, 7) is 3.73. The zero-order valence-electron chi connectivity index (χ0n) is 8.61. The first kappa shape index (κ1) is 8.41. The van der Waals surface area contributed by atoms with Crippen LogP contribution in [0.25, 0.3) is 0 Å². The van der Waals surface area contributed by atoms with Gasteiger partial charge < -0.3 is 4.90 Å². The first-order valence-corrected chi connectivity index (χ1v) is 5.38. The molecule has 14 heavy (non-hydrogen) atoms. The molecule has 76 valence electrons. The van der Waals surface area contributed by atoms with Crippen LogP contribution in [-0.2, 0) is 12.5 Å². The highest BCUT2D eigenvalue weighted by Gasteiger charge is 2.43. The Bertz CT molecular complexity index is 342. The minimum Gasteiger partial charge on any atom is -0.302 e. The van der Waals surface area contributed by atoms with E-state index in [9.17, 15) is 0 Å². The minimum atomic E-state index is 0.340. The lowest BCUT2D eigenvalue weighted by molar-refractivity contribution is 0.239. The summed E-state index contributed by atoms with van der Waals surface area (Å²) in [4.78, 5) is 4.24. The van der Waals surface area contributed by atoms with E-state index < -0.39 is 0 Å². The van der Waals surface area contributed by atoms with Crippen LogP contribution < -0.4 is 0 Å². The van der Waals surface area contributed by atoms with Crippen LogP contribution in [0.3, 0.4) is 0 Å². The van der Waals surface area contributed by atoms with E-state index in [0.717, 1.165) is 0 Å². The molecule has 2 aliphatic heterocycles. The molecule has 3 rings (SSSR count). The topological polar surface area (TPSA) is 34.0 Å². The second-order valence-corrected chi connectivity index (χ2v) is 4.63. The second-order valence-electron chi connectivity index (χ2n) is 4.63. The summed E-state index contributed by atoms with van der Waals surface area (Å²) in [5.74, 6) is 0. The average Bonchev–Trinajstić information content (AvgIpc) is 2.73. The van der Waals surface area contributed by atoms with Gasteiger partial charge >= 0.3 is 0 Å². The fourth-order valence-corrected chi connectivity index (χ4v) is 2.92. The van der Waals surface area contributed by atoms with E-state index in [-0.39, 0.29) is 0 Å². The van der Waals surface area contributed by atoms with Crippen LogP contribution in [0.5, 0.6) is 0 Å². The summed E-state index contributed by atoms with van der Waals surface area (Å²) in [5.41, 5.74) is 1.55. The van der Waals surface area contributed by atoms with Crippen LogP contribution in [-0.4, -0.2) is 39.5 Å². The van der Waals surface area contributed by atoms with Crippen molar-refractivity contribution in [2.24, 2.45) is 7.05 Å². The highest BCUT2D eigenvalue weighted by atomic mass is 15.5. The number of nitrogens with zero attached hydrogens (tertiary/aromatic N) is 4. The maximum absolute atomic E-state index is 4.48. The zero-order valence-corrected chi connectivity index (χ0v) is 8.61. The van der Waals surface area contributed by atoms with Gasteiger partial charge in [0, 0.05) is 19.0 Å². The molecule has 1 aromatic heterocycles. The molecular formula is C10H16N4. The summed E-state index contributed by atoms with van der Waals surface area (Å²) in [5, 5.41) is 8.67. The Morgan fingerprint density at radius 2 is 2.29 bits per heavy atom. The van der Waals surface area contributed by atoms with Crippen molar-refractivity contribution in [1.29, 1.82) is 0 Å². The molecule has 0 saturated carbocycles. The smallest absolute Gasteiger partial charge is 0.0901 e. The monoisotopic (exact) mass is 192 g/mol. The number of piperidine rings is 1. The van der Waals surface area contributed by atoms with Gasteiger partial charge in [-0.05, 0) is 32.4 Å². The molecule has 1 aromatic rings. The largest absolute Gasteiger partial charge is 0.302 e. The van der Waals surface area contributed by atoms with Gasteiger partial charge in [-0.25, -0.2) is 0 Å². The Morgan fingerprint density at radius 3 is 3.07 bits per heavy atom. The molecule has 2 unspecified atom stereocenters. The first-order valence-electron chi connectivity index (χ1n) is 5.38. The lowest BCUT2D eigenvalue weighted by Crippen LogP contribution is -2.37. The third kappa shape index (κ3) is 1.10. The maximum atomic E-state index is 4.48. The van der Waals surface area contributed by atoms with Gasteiger partial charge in [0.25, 0.3) is 0 Å². The standard InChI is InChI=1S/C10H16N4/c1-13-11-7-9(12-13)10-3-2-5-14(8-10)6-4-10/h7H,2-6,8H2,1H3. The van der Waals surface area contributed by atoms with Gasteiger partial charge in [0.05, 0.1) is 11.9 Å². The van der Waals surface area contributed by atoms with Gasteiger partial charge in [-0.2, -0.15) is 15.0 Å². The van der Waals surface area contributed by atoms with E-state index in [2.05, 4.69) is 15.1 Å². The Labute approximate surface area is 83.9 Å². The molecule has 2 aliphatic rings. The van der Waals surface area contributed by atoms with E-state index in [1.165, 1.54) is 44.6 Å². The van der Waals surface area contributed by atoms with Crippen LogP contribution in [0, 0.1) is 0 Å². The van der Waals surface area contributed by atoms with Crippen LogP contribution in [0.2, 0.25) is 0 Å². The summed E-state index contributed by atoms with van der Waals surface area (Å²) < 4.78 is 0. The van der Waals surface area contributed by atoms with E-state index >= 15 is 0 Å². The molecule has 2 bridgehead atoms. The molecule has 2 atom stereocenters. The van der Waals surface area contributed by atoms with Gasteiger partial charge in [-0.1, -0.05) is 0 Å². The quantitative estimate of drug-likeness (QED) is 0.651. The summed E-state index contributed by atoms with van der Waals surface area (Å²) in [7, 11) is 1.90. The number of aryl methyl sites for hydroxylation is 1. The third-order valence-corrected chi connectivity index (χ3v) is 3.71. The van der Waals surface area contributed by atoms with Crippen molar-refractivity contribution in [2.75, 3.05) is 19.6 Å². The van der Waals surface area contributed by atoms with E-state index in [1.54, 1.807) is 4.80 Å². The number of aromatic nitrogens is 3. The van der Waals surface area contributed by atoms with Crippen LogP contribution in [0.15, 0.2) is 6.20 Å². The van der Waals surface area contributed by atoms with Crippen molar-refractivity contribution in [2.45, 2.75) is 24.7 Å². The summed E-state index contributed by atoms with van der Waals surface area (Å²) >= 11 is 0. The highest BCUT2D eigenvalue weighted by Crippen LogP contribution is 2.40. The van der Waals surface area contributed by atoms with E-state index in [0.29, 0.717) is 5.41 Å². The SMILES string of the molecule is Cn1ncc(C23CCCN(CC2)C3)n1. The molecule has 0 aliphatic carbocycles. The molecule has 2 fully saturated rings. The summed E-state index contributed by atoms with van der Waals surface area (Å²) in [6.07, 6.45) is 5.83. The Hall–Kier alpha value is -0.900. The van der Waals surface area contributed by atoms with Crippen molar-refractivity contribution in [1.82, 2.24) is 19.9 Å². The van der Waals surface area contributed by atoms with Crippen molar-refractivity contribution in [3.8, 4) is 0 Å². The van der Waals surface area contributed by atoms with E-state index in [1.807, 2.05) is 13.2 Å². The molecule has 0 spiro atoms. The van der Waals surface area contributed by atoms with Crippen molar-refractivity contribution in [3.05, 3.63) is 11.9 Å². The molecule has 4 nitrogen and oxygen atoms in total. The molecule has 2 saturated heterocycles. The molecule has 3 heterocycles. The molecular weight excluding hydrogens is 176 g/mol. The number of fused-ring (bicyclic) bond motifs is 2. The fraction of sp³-hybridized carbons (Fsp3) is 0.800. The molecule has 4 heteroatoms. The van der Waals surface area contributed by atoms with Crippen LogP contribution >= 0.6 is 0 Å². The van der Waals surface area contributed by atoms with Crippen LogP contribution in [0.1, 0.15) is 25.0 Å². The molecule has 0 radical (unpaired) electrons. The van der Waals surface area contributed by atoms with Gasteiger partial charge in [0.15, 0.2) is 0 Å². The van der Waals surface area contributed by atoms with Crippen molar-refractivity contribution in [3.63, 3.8) is 0 Å². The van der Waals surface area contributed by atoms with Crippen molar-refractivity contribution < 1.29 is 0 Å². The fourth-order valence-electron chi connectivity index (χ4n) is 2.92. The third-order valence-electron chi connectivity index (χ3n) is 3.71. The number of hydrogen-bond donors (Lipinski definition) is 0. The predicted octanol–water partition coefficient (Wildman–Crippen LogP) is 0.552. The second kappa shape index (κ2) is 2.79. The first-order chi connectivity index (χ1) is 6.78. The Kier molecular flexibility index (Phi) is 1.68. The summed E-state index contributed by atoms with van der Waals surface area (Å²) in [6, 6.07) is 0. The Morgan fingerprint density at radius 1 is 1.36 bits per heavy atom. The molecule has 0 N–H and O–H groups in total. The number of rotatable bonds is 1. The lowest BCUT2D eigenvalue weighted by Gasteiger charge is -2.31. The average molecular weight is 192 g/mol. The normalized spacial score (nSPS) is 36.2. The maximum Gasteiger partial charge on any atom is 0.0901 e. The van der Waals surface area contributed by atoms with Crippen molar-refractivity contribution >= 4 is 0 Å². The lowest BCUT2D eigenvalue weighted by atomic mass is 9.78. The highest BCUT2D eigenvalue weighted by molar-refractivity contribution is 5.17. The molecule has 0 amide bonds. The predicted molar refractivity (Wildman–Crippen MR) is 53.0 cm³/mol. The van der Waals surface area contributed by atoms with Gasteiger partial charge in [-0.3, -0.25) is 0 Å². The molecule has 0 aromatic carbocycles. The minimum absolute atomic E-state index is 0.340. The Balaban J connectivity index is 1.96. The van der Waals surface area contributed by atoms with Crippen LogP contribution in [0.4, 0.5) is 0 Å². The number of hydrogen-bond acceptors (Lipinski definition) is 3. The van der Waals surface area contributed by atoms with E-state index in [4.69, 9.17) is 0 Å². The van der Waals surface area contributed by atoms with Gasteiger partial charge in [0.2, 0.25) is 0 Å². The zero-order chi connectivity index (χ0) is 9.60. The van der Waals surface area contributed by atoms with Gasteiger partial charge in [0.1, 0.15) is 0 Å². The van der Waals surface area contributed by atoms with Gasteiger partial charge in [-0.15, -0.1) is 0 Å².